The van der Waals surface area contributed by atoms with Gasteiger partial charge in [-0.05, 0) is 33.6 Å². The topological polar surface area (TPSA) is 29.5 Å². The zero-order valence-corrected chi connectivity index (χ0v) is 8.04. The highest BCUT2D eigenvalue weighted by Crippen LogP contribution is 2.28. The fraction of sp³-hybridized carbons (Fsp3) is 0.889. The Morgan fingerprint density at radius 1 is 1.58 bits per heavy atom. The quantitative estimate of drug-likeness (QED) is 0.650. The summed E-state index contributed by atoms with van der Waals surface area (Å²) in [4.78, 5) is 13.2. The van der Waals surface area contributed by atoms with Crippen LogP contribution in [-0.2, 0) is 4.74 Å². The summed E-state index contributed by atoms with van der Waals surface area (Å²) in [5.74, 6) is 0. The molecule has 0 spiro atoms. The van der Waals surface area contributed by atoms with Crippen molar-refractivity contribution >= 4 is 6.09 Å². The molecule has 1 aliphatic carbocycles. The fourth-order valence-corrected chi connectivity index (χ4v) is 1.33. The summed E-state index contributed by atoms with van der Waals surface area (Å²) in [6.45, 7) is 6.35. The summed E-state index contributed by atoms with van der Waals surface area (Å²) in [6.07, 6.45) is 2.11. The van der Waals surface area contributed by atoms with E-state index in [9.17, 15) is 4.79 Å². The molecule has 0 aromatic heterocycles. The van der Waals surface area contributed by atoms with E-state index in [1.807, 2.05) is 25.7 Å². The van der Waals surface area contributed by atoms with Crippen LogP contribution in [0.4, 0.5) is 4.79 Å². The Kier molecular flexibility index (Phi) is 2.95. The SMILES string of the molecule is CCOC(=O)N(C(C)C)C1CC1. The molecule has 0 N–H and O–H groups in total. The molecular weight excluding hydrogens is 154 g/mol. The number of hydrogen-bond acceptors (Lipinski definition) is 2. The van der Waals surface area contributed by atoms with Crippen molar-refractivity contribution < 1.29 is 9.53 Å². The molecule has 0 bridgehead atoms. The molecule has 0 radical (unpaired) electrons. The maximum absolute atomic E-state index is 11.4. The Labute approximate surface area is 73.7 Å². The summed E-state index contributed by atoms with van der Waals surface area (Å²) in [5.41, 5.74) is 0. The lowest BCUT2D eigenvalue weighted by atomic mass is 10.3. The van der Waals surface area contributed by atoms with E-state index < -0.39 is 0 Å². The molecule has 1 amide bonds. The minimum atomic E-state index is -0.157. The number of nitrogens with zero attached hydrogens (tertiary/aromatic N) is 1. The van der Waals surface area contributed by atoms with Crippen molar-refractivity contribution in [2.45, 2.75) is 45.7 Å². The van der Waals surface area contributed by atoms with Gasteiger partial charge in [0, 0.05) is 12.1 Å². The van der Waals surface area contributed by atoms with Gasteiger partial charge in [0.25, 0.3) is 0 Å². The van der Waals surface area contributed by atoms with Crippen molar-refractivity contribution in [2.24, 2.45) is 0 Å². The van der Waals surface area contributed by atoms with Crippen molar-refractivity contribution in [1.82, 2.24) is 4.90 Å². The van der Waals surface area contributed by atoms with E-state index in [4.69, 9.17) is 4.74 Å². The molecule has 0 unspecified atom stereocenters. The molecule has 12 heavy (non-hydrogen) atoms. The number of rotatable bonds is 3. The summed E-state index contributed by atoms with van der Waals surface area (Å²) < 4.78 is 4.95. The predicted molar refractivity (Wildman–Crippen MR) is 47.0 cm³/mol. The van der Waals surface area contributed by atoms with E-state index >= 15 is 0 Å². The predicted octanol–water partition coefficient (Wildman–Crippen LogP) is 2.02. The number of amides is 1. The highest BCUT2D eigenvalue weighted by Gasteiger charge is 2.34. The highest BCUT2D eigenvalue weighted by atomic mass is 16.6. The molecule has 0 heterocycles. The Morgan fingerprint density at radius 2 is 2.17 bits per heavy atom. The van der Waals surface area contributed by atoms with E-state index in [-0.39, 0.29) is 12.1 Å². The molecule has 3 nitrogen and oxygen atoms in total. The molecule has 1 saturated carbocycles. The van der Waals surface area contributed by atoms with Crippen molar-refractivity contribution in [1.29, 1.82) is 0 Å². The molecule has 0 atom stereocenters. The van der Waals surface area contributed by atoms with Gasteiger partial charge in [-0.3, -0.25) is 0 Å². The van der Waals surface area contributed by atoms with Gasteiger partial charge in [0.2, 0.25) is 0 Å². The monoisotopic (exact) mass is 171 g/mol. The van der Waals surface area contributed by atoms with Gasteiger partial charge in [0.05, 0.1) is 6.61 Å². The zero-order chi connectivity index (χ0) is 9.14. The van der Waals surface area contributed by atoms with Gasteiger partial charge in [0.1, 0.15) is 0 Å². The van der Waals surface area contributed by atoms with Crippen LogP contribution < -0.4 is 0 Å². The third-order valence-corrected chi connectivity index (χ3v) is 1.98. The van der Waals surface area contributed by atoms with Crippen LogP contribution in [0.3, 0.4) is 0 Å². The van der Waals surface area contributed by atoms with Crippen LogP contribution in [0.5, 0.6) is 0 Å². The number of ether oxygens (including phenoxy) is 1. The maximum atomic E-state index is 11.4. The standard InChI is InChI=1S/C9H17NO2/c1-4-12-9(11)10(7(2)3)8-5-6-8/h7-8H,4-6H2,1-3H3. The van der Waals surface area contributed by atoms with E-state index in [0.717, 1.165) is 12.8 Å². The highest BCUT2D eigenvalue weighted by molar-refractivity contribution is 5.68. The van der Waals surface area contributed by atoms with Crippen LogP contribution in [0.25, 0.3) is 0 Å². The zero-order valence-electron chi connectivity index (χ0n) is 8.04. The molecule has 70 valence electrons. The normalized spacial score (nSPS) is 16.3. The van der Waals surface area contributed by atoms with E-state index in [2.05, 4.69) is 0 Å². The molecule has 0 aromatic rings. The van der Waals surface area contributed by atoms with Gasteiger partial charge in [-0.25, -0.2) is 4.79 Å². The maximum Gasteiger partial charge on any atom is 0.410 e. The van der Waals surface area contributed by atoms with Gasteiger partial charge >= 0.3 is 6.09 Å². The van der Waals surface area contributed by atoms with Crippen molar-refractivity contribution in [3.8, 4) is 0 Å². The van der Waals surface area contributed by atoms with Gasteiger partial charge < -0.3 is 9.64 Å². The first kappa shape index (κ1) is 9.36. The van der Waals surface area contributed by atoms with Gasteiger partial charge in [-0.15, -0.1) is 0 Å². The van der Waals surface area contributed by atoms with Crippen LogP contribution in [0.15, 0.2) is 0 Å². The van der Waals surface area contributed by atoms with Crippen LogP contribution in [-0.4, -0.2) is 29.7 Å². The molecule has 0 saturated heterocycles. The Balaban J connectivity index is 2.46. The van der Waals surface area contributed by atoms with E-state index in [1.54, 1.807) is 0 Å². The second-order valence-electron chi connectivity index (χ2n) is 3.43. The molecular formula is C9H17NO2. The molecule has 3 heteroatoms. The van der Waals surface area contributed by atoms with Crippen molar-refractivity contribution in [3.05, 3.63) is 0 Å². The number of hydrogen-bond donors (Lipinski definition) is 0. The minimum Gasteiger partial charge on any atom is -0.450 e. The molecule has 0 aliphatic heterocycles. The second kappa shape index (κ2) is 3.78. The average Bonchev–Trinajstić information content (AvgIpc) is 2.71. The first-order valence-electron chi connectivity index (χ1n) is 4.62. The van der Waals surface area contributed by atoms with Crippen LogP contribution >= 0.6 is 0 Å². The summed E-state index contributed by atoms with van der Waals surface area (Å²) in [5, 5.41) is 0. The smallest absolute Gasteiger partial charge is 0.410 e. The summed E-state index contributed by atoms with van der Waals surface area (Å²) in [7, 11) is 0. The average molecular weight is 171 g/mol. The third-order valence-electron chi connectivity index (χ3n) is 1.98. The fourth-order valence-electron chi connectivity index (χ4n) is 1.33. The van der Waals surface area contributed by atoms with Crippen molar-refractivity contribution in [2.75, 3.05) is 6.61 Å². The minimum absolute atomic E-state index is 0.157. The summed E-state index contributed by atoms with van der Waals surface area (Å²) >= 11 is 0. The lowest BCUT2D eigenvalue weighted by Gasteiger charge is -2.25. The number of carbonyl (C=O) groups is 1. The van der Waals surface area contributed by atoms with E-state index in [1.165, 1.54) is 0 Å². The van der Waals surface area contributed by atoms with Gasteiger partial charge in [0.15, 0.2) is 0 Å². The van der Waals surface area contributed by atoms with Crippen LogP contribution in [0.2, 0.25) is 0 Å². The Bertz CT molecular complexity index is 162. The van der Waals surface area contributed by atoms with Crippen molar-refractivity contribution in [3.63, 3.8) is 0 Å². The molecule has 1 rings (SSSR count). The second-order valence-corrected chi connectivity index (χ2v) is 3.43. The van der Waals surface area contributed by atoms with Crippen LogP contribution in [0, 0.1) is 0 Å². The first-order valence-corrected chi connectivity index (χ1v) is 4.62. The first-order chi connectivity index (χ1) is 5.66. The van der Waals surface area contributed by atoms with Gasteiger partial charge in [-0.1, -0.05) is 0 Å². The lowest BCUT2D eigenvalue weighted by molar-refractivity contribution is 0.0929. The third kappa shape index (κ3) is 2.13. The van der Waals surface area contributed by atoms with Gasteiger partial charge in [-0.2, -0.15) is 0 Å². The largest absolute Gasteiger partial charge is 0.450 e. The number of carbonyl (C=O) groups excluding carboxylic acids is 1. The Hall–Kier alpha value is -0.730. The van der Waals surface area contributed by atoms with Crippen LogP contribution in [0.1, 0.15) is 33.6 Å². The molecule has 1 fully saturated rings. The lowest BCUT2D eigenvalue weighted by Crippen LogP contribution is -2.39. The molecule has 1 aliphatic rings. The summed E-state index contributed by atoms with van der Waals surface area (Å²) in [6, 6.07) is 0.709. The molecule has 0 aromatic carbocycles. The Morgan fingerprint density at radius 3 is 2.50 bits per heavy atom. The van der Waals surface area contributed by atoms with E-state index in [0.29, 0.717) is 12.6 Å².